The summed E-state index contributed by atoms with van der Waals surface area (Å²) in [5, 5.41) is 3.29. The number of nitrogens with zero attached hydrogens (tertiary/aromatic N) is 2. The molecule has 6 heteroatoms. The first kappa shape index (κ1) is 11.1. The molecule has 0 saturated carbocycles. The van der Waals surface area contributed by atoms with E-state index in [1.807, 2.05) is 6.07 Å². The predicted octanol–water partition coefficient (Wildman–Crippen LogP) is 0.601. The smallest absolute Gasteiger partial charge is 0.239 e. The molecule has 4 N–H and O–H groups in total. The summed E-state index contributed by atoms with van der Waals surface area (Å²) in [5.41, 5.74) is 2.42. The molecule has 1 aromatic rings. The molecule has 0 aliphatic carbocycles. The number of anilines is 2. The summed E-state index contributed by atoms with van der Waals surface area (Å²) in [6.07, 6.45) is 3.90. The molecular weight excluding hydrogens is 206 g/mol. The maximum atomic E-state index is 5.31. The zero-order valence-electron chi connectivity index (χ0n) is 9.15. The fourth-order valence-corrected chi connectivity index (χ4v) is 1.73. The summed E-state index contributed by atoms with van der Waals surface area (Å²) in [5.74, 6) is 7.13. The van der Waals surface area contributed by atoms with E-state index < -0.39 is 0 Å². The Hall–Kier alpha value is -1.40. The third kappa shape index (κ3) is 3.04. The van der Waals surface area contributed by atoms with Gasteiger partial charge in [0.25, 0.3) is 0 Å². The first-order valence-electron chi connectivity index (χ1n) is 5.50. The molecule has 6 nitrogen and oxygen atoms in total. The Morgan fingerprint density at radius 2 is 2.25 bits per heavy atom. The second-order valence-corrected chi connectivity index (χ2v) is 3.85. The van der Waals surface area contributed by atoms with Crippen LogP contribution in [0.3, 0.4) is 0 Å². The number of nitrogen functional groups attached to an aromatic ring is 1. The van der Waals surface area contributed by atoms with Gasteiger partial charge in [0.1, 0.15) is 5.82 Å². The van der Waals surface area contributed by atoms with Gasteiger partial charge in [0, 0.05) is 26.0 Å². The van der Waals surface area contributed by atoms with Gasteiger partial charge in [0.2, 0.25) is 5.95 Å². The molecule has 1 aromatic heterocycles. The topological polar surface area (TPSA) is 85.1 Å². The van der Waals surface area contributed by atoms with Crippen molar-refractivity contribution >= 4 is 11.8 Å². The van der Waals surface area contributed by atoms with Crippen LogP contribution in [0.5, 0.6) is 0 Å². The van der Waals surface area contributed by atoms with Crippen LogP contribution in [0.2, 0.25) is 0 Å². The highest BCUT2D eigenvalue weighted by Gasteiger charge is 2.13. The Morgan fingerprint density at radius 3 is 3.00 bits per heavy atom. The minimum atomic E-state index is 0.428. The zero-order chi connectivity index (χ0) is 11.2. The van der Waals surface area contributed by atoms with Crippen LogP contribution in [0.4, 0.5) is 11.8 Å². The van der Waals surface area contributed by atoms with Crippen molar-refractivity contribution in [3.63, 3.8) is 0 Å². The van der Waals surface area contributed by atoms with E-state index in [4.69, 9.17) is 10.6 Å². The van der Waals surface area contributed by atoms with Gasteiger partial charge in [0.05, 0.1) is 0 Å². The fourth-order valence-electron chi connectivity index (χ4n) is 1.73. The summed E-state index contributed by atoms with van der Waals surface area (Å²) >= 11 is 0. The number of hydrazine groups is 1. The lowest BCUT2D eigenvalue weighted by Crippen LogP contribution is -2.23. The third-order valence-electron chi connectivity index (χ3n) is 2.70. The number of hydrogen-bond donors (Lipinski definition) is 3. The lowest BCUT2D eigenvalue weighted by molar-refractivity contribution is 0.0699. The van der Waals surface area contributed by atoms with Crippen LogP contribution >= 0.6 is 0 Å². The number of rotatable bonds is 4. The largest absolute Gasteiger partial charge is 0.381 e. The van der Waals surface area contributed by atoms with Crippen molar-refractivity contribution in [1.82, 2.24) is 9.97 Å². The summed E-state index contributed by atoms with van der Waals surface area (Å²) in [6, 6.07) is 1.83. The van der Waals surface area contributed by atoms with Crippen molar-refractivity contribution < 1.29 is 4.74 Å². The average molecular weight is 223 g/mol. The zero-order valence-corrected chi connectivity index (χ0v) is 9.15. The van der Waals surface area contributed by atoms with Gasteiger partial charge in [-0.25, -0.2) is 10.8 Å². The van der Waals surface area contributed by atoms with Crippen LogP contribution in [0.15, 0.2) is 12.3 Å². The lowest BCUT2D eigenvalue weighted by Gasteiger charge is -2.22. The molecule has 0 spiro atoms. The summed E-state index contributed by atoms with van der Waals surface area (Å²) in [4.78, 5) is 8.13. The molecular formula is C10H17N5O. The van der Waals surface area contributed by atoms with Gasteiger partial charge in [-0.1, -0.05) is 0 Å². The van der Waals surface area contributed by atoms with Crippen LogP contribution in [-0.2, 0) is 4.74 Å². The highest BCUT2D eigenvalue weighted by molar-refractivity contribution is 5.38. The highest BCUT2D eigenvalue weighted by Crippen LogP contribution is 2.15. The van der Waals surface area contributed by atoms with E-state index in [-0.39, 0.29) is 0 Å². The molecule has 2 heterocycles. The quantitative estimate of drug-likeness (QED) is 0.512. The van der Waals surface area contributed by atoms with E-state index in [0.29, 0.717) is 11.9 Å². The number of nitrogens with one attached hydrogen (secondary N) is 2. The molecule has 0 radical (unpaired) electrons. The Bertz CT molecular complexity index is 327. The van der Waals surface area contributed by atoms with Crippen molar-refractivity contribution in [3.05, 3.63) is 12.3 Å². The highest BCUT2D eigenvalue weighted by atomic mass is 16.5. The normalized spacial score (nSPS) is 17.1. The Morgan fingerprint density at radius 1 is 1.44 bits per heavy atom. The van der Waals surface area contributed by atoms with Gasteiger partial charge < -0.3 is 10.1 Å². The average Bonchev–Trinajstić information content (AvgIpc) is 2.38. The number of ether oxygens (including phenoxy) is 1. The second kappa shape index (κ2) is 5.62. The third-order valence-corrected chi connectivity index (χ3v) is 2.70. The molecule has 1 fully saturated rings. The Labute approximate surface area is 94.6 Å². The van der Waals surface area contributed by atoms with Gasteiger partial charge >= 0.3 is 0 Å². The van der Waals surface area contributed by atoms with Gasteiger partial charge in [0.15, 0.2) is 0 Å². The van der Waals surface area contributed by atoms with Crippen LogP contribution in [0.25, 0.3) is 0 Å². The van der Waals surface area contributed by atoms with Crippen molar-refractivity contribution in [3.8, 4) is 0 Å². The first-order valence-corrected chi connectivity index (χ1v) is 5.50. The summed E-state index contributed by atoms with van der Waals surface area (Å²) in [6.45, 7) is 2.65. The van der Waals surface area contributed by atoms with Crippen molar-refractivity contribution in [2.24, 2.45) is 11.8 Å². The maximum Gasteiger partial charge on any atom is 0.239 e. The molecule has 16 heavy (non-hydrogen) atoms. The van der Waals surface area contributed by atoms with E-state index >= 15 is 0 Å². The van der Waals surface area contributed by atoms with Gasteiger partial charge in [-0.2, -0.15) is 4.98 Å². The van der Waals surface area contributed by atoms with Gasteiger partial charge in [-0.15, -0.1) is 0 Å². The molecule has 2 rings (SSSR count). The first-order chi connectivity index (χ1) is 7.88. The van der Waals surface area contributed by atoms with Crippen molar-refractivity contribution in [1.29, 1.82) is 0 Å². The molecule has 1 saturated heterocycles. The van der Waals surface area contributed by atoms with E-state index in [2.05, 4.69) is 20.7 Å². The fraction of sp³-hybridized carbons (Fsp3) is 0.600. The van der Waals surface area contributed by atoms with Crippen molar-refractivity contribution in [2.75, 3.05) is 30.5 Å². The molecule has 0 unspecified atom stereocenters. The minimum absolute atomic E-state index is 0.428. The molecule has 0 bridgehead atoms. The number of hydrogen-bond acceptors (Lipinski definition) is 6. The summed E-state index contributed by atoms with van der Waals surface area (Å²) < 4.78 is 5.31. The molecule has 0 aromatic carbocycles. The maximum absolute atomic E-state index is 5.31. The van der Waals surface area contributed by atoms with Crippen LogP contribution in [-0.4, -0.2) is 29.7 Å². The standard InChI is InChI=1S/C10H17N5O/c11-15-10-12-4-1-9(14-10)13-7-8-2-5-16-6-3-8/h1,4,8H,2-3,5-7,11H2,(H2,12,13,14,15). The summed E-state index contributed by atoms with van der Waals surface area (Å²) in [7, 11) is 0. The molecule has 1 aliphatic heterocycles. The second-order valence-electron chi connectivity index (χ2n) is 3.85. The lowest BCUT2D eigenvalue weighted by atomic mass is 10.0. The van der Waals surface area contributed by atoms with Gasteiger partial charge in [-0.3, -0.25) is 5.43 Å². The molecule has 88 valence electrons. The number of nitrogens with two attached hydrogens (primary N) is 1. The Kier molecular flexibility index (Phi) is 3.90. The van der Waals surface area contributed by atoms with Crippen LogP contribution in [0, 0.1) is 5.92 Å². The van der Waals surface area contributed by atoms with Crippen LogP contribution in [0.1, 0.15) is 12.8 Å². The predicted molar refractivity (Wildman–Crippen MR) is 61.9 cm³/mol. The Balaban J connectivity index is 1.83. The van der Waals surface area contributed by atoms with E-state index in [1.165, 1.54) is 0 Å². The SMILES string of the molecule is NNc1nccc(NCC2CCOCC2)n1. The van der Waals surface area contributed by atoms with E-state index in [0.717, 1.165) is 38.4 Å². The van der Waals surface area contributed by atoms with Crippen LogP contribution < -0.4 is 16.6 Å². The molecule has 0 amide bonds. The van der Waals surface area contributed by atoms with E-state index in [1.54, 1.807) is 6.20 Å². The molecule has 1 aliphatic rings. The minimum Gasteiger partial charge on any atom is -0.381 e. The van der Waals surface area contributed by atoms with E-state index in [9.17, 15) is 0 Å². The monoisotopic (exact) mass is 223 g/mol. The molecule has 0 atom stereocenters. The van der Waals surface area contributed by atoms with Gasteiger partial charge in [-0.05, 0) is 24.8 Å². The number of aromatic nitrogens is 2. The van der Waals surface area contributed by atoms with Crippen molar-refractivity contribution in [2.45, 2.75) is 12.8 Å².